The lowest BCUT2D eigenvalue weighted by atomic mass is 10.1. The molecule has 0 heterocycles. The summed E-state index contributed by atoms with van der Waals surface area (Å²) >= 11 is 0. The number of nitro groups is 1. The molecule has 0 saturated heterocycles. The normalized spacial score (nSPS) is 10.6. The van der Waals surface area contributed by atoms with Crippen LogP contribution in [0, 0.1) is 10.1 Å². The Hall–Kier alpha value is -2.89. The monoisotopic (exact) mass is 300 g/mol. The van der Waals surface area contributed by atoms with E-state index in [0.29, 0.717) is 17.9 Å². The van der Waals surface area contributed by atoms with Gasteiger partial charge >= 0.3 is 5.69 Å². The first-order valence-corrected chi connectivity index (χ1v) is 6.61. The van der Waals surface area contributed by atoms with Gasteiger partial charge in [0, 0.05) is 13.3 Å². The van der Waals surface area contributed by atoms with E-state index in [1.807, 2.05) is 30.3 Å². The number of benzene rings is 2. The van der Waals surface area contributed by atoms with Gasteiger partial charge < -0.3 is 9.47 Å². The van der Waals surface area contributed by atoms with Crippen molar-refractivity contribution in [1.29, 1.82) is 0 Å². The fourth-order valence-corrected chi connectivity index (χ4v) is 2.05. The minimum Gasteiger partial charge on any atom is -0.488 e. The number of methoxy groups -OCH3 is 1. The van der Waals surface area contributed by atoms with Crippen LogP contribution in [0.3, 0.4) is 0 Å². The van der Waals surface area contributed by atoms with Crippen LogP contribution >= 0.6 is 0 Å². The van der Waals surface area contributed by atoms with Gasteiger partial charge in [-0.3, -0.25) is 15.1 Å². The molecule has 114 valence electrons. The van der Waals surface area contributed by atoms with E-state index in [2.05, 4.69) is 4.99 Å². The molecule has 0 fully saturated rings. The molecule has 0 aromatic heterocycles. The Kier molecular flexibility index (Phi) is 5.08. The van der Waals surface area contributed by atoms with Gasteiger partial charge in [0.1, 0.15) is 6.61 Å². The second kappa shape index (κ2) is 7.21. The van der Waals surface area contributed by atoms with Crippen molar-refractivity contribution < 1.29 is 14.4 Å². The molecule has 0 spiro atoms. The summed E-state index contributed by atoms with van der Waals surface area (Å²) in [5.41, 5.74) is 1.18. The number of nitrogens with zero attached hydrogens (tertiary/aromatic N) is 2. The number of hydrogen-bond donors (Lipinski definition) is 0. The zero-order chi connectivity index (χ0) is 15.9. The van der Waals surface area contributed by atoms with Crippen molar-refractivity contribution in [3.8, 4) is 11.5 Å². The Morgan fingerprint density at radius 3 is 2.55 bits per heavy atom. The largest absolute Gasteiger partial charge is 0.488 e. The molecular formula is C16H16N2O4. The maximum absolute atomic E-state index is 11.3. The highest BCUT2D eigenvalue weighted by Gasteiger charge is 2.24. The van der Waals surface area contributed by atoms with Crippen molar-refractivity contribution in [3.63, 3.8) is 0 Å². The zero-order valence-corrected chi connectivity index (χ0v) is 12.4. The molecule has 0 atom stereocenters. The van der Waals surface area contributed by atoms with Crippen LogP contribution in [-0.2, 0) is 6.61 Å². The number of ether oxygens (including phenoxy) is 2. The third-order valence-electron chi connectivity index (χ3n) is 3.02. The lowest BCUT2D eigenvalue weighted by molar-refractivity contribution is -0.386. The molecule has 0 aliphatic rings. The van der Waals surface area contributed by atoms with Crippen LogP contribution in [-0.4, -0.2) is 25.3 Å². The summed E-state index contributed by atoms with van der Waals surface area (Å²) in [7, 11) is 2.93. The molecule has 0 saturated carbocycles. The second-order valence-electron chi connectivity index (χ2n) is 4.45. The minimum atomic E-state index is -0.495. The molecule has 0 radical (unpaired) electrons. The van der Waals surface area contributed by atoms with E-state index in [1.165, 1.54) is 13.3 Å². The maximum atomic E-state index is 11.3. The fraction of sp³-hybridized carbons (Fsp3) is 0.188. The Morgan fingerprint density at radius 1 is 1.23 bits per heavy atom. The summed E-state index contributed by atoms with van der Waals surface area (Å²) < 4.78 is 10.8. The maximum Gasteiger partial charge on any atom is 0.323 e. The van der Waals surface area contributed by atoms with Gasteiger partial charge in [0.15, 0.2) is 5.75 Å². The lowest BCUT2D eigenvalue weighted by Gasteiger charge is -2.12. The van der Waals surface area contributed by atoms with Gasteiger partial charge in [0.05, 0.1) is 17.6 Å². The predicted octanol–water partition coefficient (Wildman–Crippen LogP) is 3.23. The van der Waals surface area contributed by atoms with Crippen LogP contribution in [0.25, 0.3) is 0 Å². The Morgan fingerprint density at radius 2 is 1.95 bits per heavy atom. The topological polar surface area (TPSA) is 74.0 Å². The lowest BCUT2D eigenvalue weighted by Crippen LogP contribution is -2.03. The van der Waals surface area contributed by atoms with Gasteiger partial charge in [-0.15, -0.1) is 0 Å². The van der Waals surface area contributed by atoms with E-state index in [4.69, 9.17) is 9.47 Å². The Labute approximate surface area is 128 Å². The molecule has 0 aliphatic heterocycles. The molecule has 6 heteroatoms. The van der Waals surface area contributed by atoms with Crippen molar-refractivity contribution in [3.05, 3.63) is 63.7 Å². The standard InChI is InChI=1S/C16H16N2O4/c1-17-10-13-8-9-14(16(21-2)15(13)18(19)20)22-11-12-6-4-3-5-7-12/h3-10H,11H2,1-2H3/b17-10+. The van der Waals surface area contributed by atoms with Crippen molar-refractivity contribution in [1.82, 2.24) is 0 Å². The zero-order valence-electron chi connectivity index (χ0n) is 12.4. The number of hydrogen-bond acceptors (Lipinski definition) is 5. The van der Waals surface area contributed by atoms with E-state index >= 15 is 0 Å². The van der Waals surface area contributed by atoms with E-state index in [9.17, 15) is 10.1 Å². The summed E-state index contributed by atoms with van der Waals surface area (Å²) in [6.45, 7) is 0.301. The number of rotatable bonds is 6. The quantitative estimate of drug-likeness (QED) is 0.466. The van der Waals surface area contributed by atoms with Crippen LogP contribution in [0.2, 0.25) is 0 Å². The van der Waals surface area contributed by atoms with E-state index in [0.717, 1.165) is 5.56 Å². The van der Waals surface area contributed by atoms with Crippen molar-refractivity contribution in [2.45, 2.75) is 6.61 Å². The first kappa shape index (κ1) is 15.5. The van der Waals surface area contributed by atoms with Gasteiger partial charge in [-0.2, -0.15) is 0 Å². The molecule has 2 aromatic carbocycles. The molecule has 22 heavy (non-hydrogen) atoms. The molecule has 0 N–H and O–H groups in total. The number of aliphatic imine (C=N–C) groups is 1. The van der Waals surface area contributed by atoms with E-state index in [1.54, 1.807) is 19.2 Å². The van der Waals surface area contributed by atoms with Gasteiger partial charge in [-0.05, 0) is 17.7 Å². The Balaban J connectivity index is 2.35. The van der Waals surface area contributed by atoms with Gasteiger partial charge in [-0.1, -0.05) is 30.3 Å². The van der Waals surface area contributed by atoms with Crippen molar-refractivity contribution in [2.24, 2.45) is 4.99 Å². The van der Waals surface area contributed by atoms with Crippen LogP contribution in [0.4, 0.5) is 5.69 Å². The van der Waals surface area contributed by atoms with Crippen molar-refractivity contribution >= 4 is 11.9 Å². The van der Waals surface area contributed by atoms with E-state index in [-0.39, 0.29) is 11.4 Å². The third-order valence-corrected chi connectivity index (χ3v) is 3.02. The average molecular weight is 300 g/mol. The van der Waals surface area contributed by atoms with Crippen LogP contribution < -0.4 is 9.47 Å². The minimum absolute atomic E-state index is 0.0957. The molecule has 0 amide bonds. The predicted molar refractivity (Wildman–Crippen MR) is 83.9 cm³/mol. The first-order valence-electron chi connectivity index (χ1n) is 6.61. The molecular weight excluding hydrogens is 284 g/mol. The highest BCUT2D eigenvalue weighted by atomic mass is 16.6. The van der Waals surface area contributed by atoms with Crippen LogP contribution in [0.15, 0.2) is 47.5 Å². The smallest absolute Gasteiger partial charge is 0.323 e. The van der Waals surface area contributed by atoms with Gasteiger partial charge in [0.25, 0.3) is 0 Å². The molecule has 2 aromatic rings. The van der Waals surface area contributed by atoms with Crippen molar-refractivity contribution in [2.75, 3.05) is 14.2 Å². The molecule has 0 unspecified atom stereocenters. The molecule has 6 nitrogen and oxygen atoms in total. The second-order valence-corrected chi connectivity index (χ2v) is 4.45. The Bertz CT molecular complexity index is 684. The van der Waals surface area contributed by atoms with Crippen LogP contribution in [0.5, 0.6) is 11.5 Å². The highest BCUT2D eigenvalue weighted by Crippen LogP contribution is 2.39. The fourth-order valence-electron chi connectivity index (χ4n) is 2.05. The average Bonchev–Trinajstić information content (AvgIpc) is 2.54. The van der Waals surface area contributed by atoms with Crippen LogP contribution in [0.1, 0.15) is 11.1 Å². The SMILES string of the molecule is C/N=C/c1ccc(OCc2ccccc2)c(OC)c1[N+](=O)[O-]. The van der Waals surface area contributed by atoms with Gasteiger partial charge in [0.2, 0.25) is 5.75 Å². The highest BCUT2D eigenvalue weighted by molar-refractivity contribution is 5.88. The molecule has 0 bridgehead atoms. The van der Waals surface area contributed by atoms with E-state index < -0.39 is 4.92 Å². The summed E-state index contributed by atoms with van der Waals surface area (Å²) in [4.78, 5) is 14.6. The third kappa shape index (κ3) is 3.41. The summed E-state index contributed by atoms with van der Waals surface area (Å²) in [6.07, 6.45) is 1.42. The molecule has 2 rings (SSSR count). The summed E-state index contributed by atoms with van der Waals surface area (Å²) in [6, 6.07) is 12.8. The summed E-state index contributed by atoms with van der Waals surface area (Å²) in [5.74, 6) is 0.421. The van der Waals surface area contributed by atoms with Gasteiger partial charge in [-0.25, -0.2) is 0 Å². The molecule has 0 aliphatic carbocycles. The summed E-state index contributed by atoms with van der Waals surface area (Å²) in [5, 5.41) is 11.3. The first-order chi connectivity index (χ1) is 10.7. The number of nitro benzene ring substituents is 1.